The third-order valence-electron chi connectivity index (χ3n) is 20.4. The second-order valence-electron chi connectivity index (χ2n) is 26.0. The zero-order valence-electron chi connectivity index (χ0n) is 51.6. The van der Waals surface area contributed by atoms with Gasteiger partial charge in [0.25, 0.3) is 0 Å². The second-order valence-corrected chi connectivity index (χ2v) is 28.8. The first-order valence-corrected chi connectivity index (χ1v) is 33.7. The average molecular weight is 1200 g/mol. The molecule has 0 spiro atoms. The highest BCUT2D eigenvalue weighted by Crippen LogP contribution is 2.56. The van der Waals surface area contributed by atoms with Gasteiger partial charge >= 0.3 is 0 Å². The number of rotatable bonds is 6. The number of benzene rings is 14. The van der Waals surface area contributed by atoms with Crippen LogP contribution in [0.1, 0.15) is 49.9 Å². The molecule has 17 aromatic rings. The van der Waals surface area contributed by atoms with Gasteiger partial charge in [-0.2, -0.15) is 0 Å². The number of hydrogen-bond donors (Lipinski definition) is 0. The molecule has 5 heteroatoms. The third kappa shape index (κ3) is 7.78. The van der Waals surface area contributed by atoms with Crippen molar-refractivity contribution in [2.45, 2.75) is 38.5 Å². The molecule has 2 aliphatic rings. The summed E-state index contributed by atoms with van der Waals surface area (Å²) in [5.74, 6) is 0. The molecule has 14 aromatic carbocycles. The molecule has 0 N–H and O–H groups in total. The fourth-order valence-electron chi connectivity index (χ4n) is 16.2. The molecule has 0 amide bonds. The maximum atomic E-state index is 15.3. The van der Waals surface area contributed by atoms with Crippen LogP contribution >= 0.6 is 7.14 Å². The molecule has 4 nitrogen and oxygen atoms in total. The molecule has 92 heavy (non-hydrogen) atoms. The first-order chi connectivity index (χ1) is 45.1. The maximum Gasteiger partial charge on any atom is 0.171 e. The number of aromatic nitrogens is 3. The van der Waals surface area contributed by atoms with Crippen LogP contribution in [0.15, 0.2) is 303 Å². The van der Waals surface area contributed by atoms with Gasteiger partial charge in [0.2, 0.25) is 0 Å². The van der Waals surface area contributed by atoms with Crippen molar-refractivity contribution in [3.8, 4) is 44.9 Å². The van der Waals surface area contributed by atoms with Gasteiger partial charge in [0.05, 0.1) is 27.8 Å². The van der Waals surface area contributed by atoms with Gasteiger partial charge in [0.15, 0.2) is 7.14 Å². The Kier molecular flexibility index (Phi) is 11.9. The van der Waals surface area contributed by atoms with E-state index in [0.717, 1.165) is 44.1 Å². The summed E-state index contributed by atoms with van der Waals surface area (Å²) in [6.07, 6.45) is 1.85. The van der Waals surface area contributed by atoms with Crippen molar-refractivity contribution in [2.24, 2.45) is 0 Å². The van der Waals surface area contributed by atoms with E-state index in [-0.39, 0.29) is 10.8 Å². The fourth-order valence-corrected chi connectivity index (χ4v) is 18.8. The minimum atomic E-state index is -3.11. The molecule has 0 unspecified atom stereocenters. The quantitative estimate of drug-likeness (QED) is 0.156. The topological polar surface area (TPSA) is 39.8 Å². The van der Waals surface area contributed by atoms with E-state index in [1.165, 1.54) is 126 Å². The van der Waals surface area contributed by atoms with Gasteiger partial charge in [-0.05, 0) is 149 Å². The van der Waals surface area contributed by atoms with Crippen molar-refractivity contribution in [1.29, 1.82) is 0 Å². The Morgan fingerprint density at radius 2 is 0.728 bits per heavy atom. The summed E-state index contributed by atoms with van der Waals surface area (Å²) in [5, 5.41) is 17.9. The summed E-state index contributed by atoms with van der Waals surface area (Å²) in [6, 6.07) is 106. The summed E-state index contributed by atoms with van der Waals surface area (Å²) in [7, 11) is -3.11. The van der Waals surface area contributed by atoms with E-state index in [1.54, 1.807) is 0 Å². The predicted molar refractivity (Wildman–Crippen MR) is 389 cm³/mol. The van der Waals surface area contributed by atoms with Gasteiger partial charge in [0, 0.05) is 82.6 Å². The van der Waals surface area contributed by atoms with E-state index in [9.17, 15) is 0 Å². The molecule has 19 rings (SSSR count). The molecule has 3 heterocycles. The van der Waals surface area contributed by atoms with Crippen LogP contribution in [0.4, 0.5) is 0 Å². The molecular formula is C87H62N3OP. The lowest BCUT2D eigenvalue weighted by atomic mass is 9.68. The van der Waals surface area contributed by atoms with Gasteiger partial charge < -0.3 is 13.7 Å². The minimum Gasteiger partial charge on any atom is -0.309 e. The average Bonchev–Trinajstić information content (AvgIpc) is 1.40. The van der Waals surface area contributed by atoms with Crippen molar-refractivity contribution in [3.05, 3.63) is 326 Å². The van der Waals surface area contributed by atoms with Crippen LogP contribution in [0.5, 0.6) is 0 Å². The van der Waals surface area contributed by atoms with Crippen molar-refractivity contribution >= 4 is 110 Å². The molecule has 2 aliphatic carbocycles. The molecule has 0 aliphatic heterocycles. The smallest absolute Gasteiger partial charge is 0.171 e. The summed E-state index contributed by atoms with van der Waals surface area (Å²) in [6.45, 7) is 9.45. The first-order valence-electron chi connectivity index (χ1n) is 32.0. The maximum absolute atomic E-state index is 15.3. The lowest BCUT2D eigenvalue weighted by Gasteiger charge is -2.35. The van der Waals surface area contributed by atoms with Crippen LogP contribution in [0.3, 0.4) is 0 Å². The lowest BCUT2D eigenvalue weighted by Crippen LogP contribution is -2.25. The van der Waals surface area contributed by atoms with Crippen molar-refractivity contribution in [3.63, 3.8) is 0 Å². The van der Waals surface area contributed by atoms with Crippen LogP contribution < -0.4 is 15.9 Å². The Balaban J connectivity index is 0.000000138. The van der Waals surface area contributed by atoms with Crippen LogP contribution in [0.25, 0.3) is 132 Å². The van der Waals surface area contributed by atoms with E-state index in [4.69, 9.17) is 0 Å². The SMILES string of the molecule is CC1(C)c2ccccc2-c2c3c1cccc3cc1c3c4ccccc4ccc3n(-c3ccc(-c4ccccn4)cc3)c21.CC1(C)c2ccccc2-c2c3c1cccc3cc1c3c4ccccc4ccc3n(-c3ccc(P(=O)(c4ccccc4)c4ccccc4)cc3)c21. The zero-order valence-corrected chi connectivity index (χ0v) is 52.5. The molecule has 0 radical (unpaired) electrons. The minimum absolute atomic E-state index is 0.0926. The molecule has 0 atom stereocenters. The largest absolute Gasteiger partial charge is 0.309 e. The number of nitrogens with zero attached hydrogens (tertiary/aromatic N) is 3. The first kappa shape index (κ1) is 54.1. The molecule has 3 aromatic heterocycles. The van der Waals surface area contributed by atoms with E-state index in [0.29, 0.717) is 0 Å². The summed E-state index contributed by atoms with van der Waals surface area (Å²) in [5.41, 5.74) is 19.6. The monoisotopic (exact) mass is 1200 g/mol. The standard InChI is InChI=1S/C47H34NOP.C40H28N2/c1-47(2)40-22-12-11-21-38(40)45-43-32(15-13-23-41(43)47)30-39-44-37-20-10-9-14-31(37)24-29-42(44)48(46(39)45)33-25-27-36(28-26-33)50(49,34-16-5-3-6-17-34)35-18-7-4-8-19-35;1-40(2)32-14-6-5-13-30(32)38-36-27(11-9-15-33(36)40)24-31-37-29-12-4-3-10-25(29)19-22-35(37)42(39(31)38)28-20-17-26(18-21-28)34-16-7-8-23-41-34/h3-30H,1-2H3;3-24H,1-2H3. The van der Waals surface area contributed by atoms with Crippen LogP contribution in [0.2, 0.25) is 0 Å². The molecule has 0 bridgehead atoms. The fraction of sp³-hybridized carbons (Fsp3) is 0.0690. The molecule has 0 fully saturated rings. The van der Waals surface area contributed by atoms with Gasteiger partial charge in [0.1, 0.15) is 0 Å². The van der Waals surface area contributed by atoms with Crippen molar-refractivity contribution < 1.29 is 4.57 Å². The van der Waals surface area contributed by atoms with Gasteiger partial charge in [-0.3, -0.25) is 4.98 Å². The van der Waals surface area contributed by atoms with Crippen LogP contribution in [-0.4, -0.2) is 14.1 Å². The summed E-state index contributed by atoms with van der Waals surface area (Å²) in [4.78, 5) is 4.59. The normalized spacial score (nSPS) is 13.7. The van der Waals surface area contributed by atoms with Crippen LogP contribution in [0, 0.1) is 0 Å². The van der Waals surface area contributed by atoms with Crippen molar-refractivity contribution in [2.75, 3.05) is 0 Å². The Hall–Kier alpha value is -10.9. The van der Waals surface area contributed by atoms with E-state index in [1.807, 2.05) is 79.0 Å². The highest BCUT2D eigenvalue weighted by molar-refractivity contribution is 7.85. The Morgan fingerprint density at radius 3 is 1.21 bits per heavy atom. The van der Waals surface area contributed by atoms with Gasteiger partial charge in [-0.15, -0.1) is 0 Å². The predicted octanol–water partition coefficient (Wildman–Crippen LogP) is 21.5. The number of hydrogen-bond acceptors (Lipinski definition) is 2. The Bertz CT molecular complexity index is 5900. The van der Waals surface area contributed by atoms with Gasteiger partial charge in [-0.25, -0.2) is 0 Å². The van der Waals surface area contributed by atoms with E-state index < -0.39 is 7.14 Å². The Morgan fingerprint density at radius 1 is 0.326 bits per heavy atom. The van der Waals surface area contributed by atoms with E-state index in [2.05, 4.69) is 266 Å². The Labute approximate surface area is 534 Å². The number of fused-ring (bicyclic) bond motifs is 16. The number of pyridine rings is 1. The highest BCUT2D eigenvalue weighted by atomic mass is 31.2. The van der Waals surface area contributed by atoms with E-state index >= 15 is 4.57 Å². The molecule has 436 valence electrons. The van der Waals surface area contributed by atoms with Gasteiger partial charge in [-0.1, -0.05) is 252 Å². The molecule has 0 saturated heterocycles. The summed E-state index contributed by atoms with van der Waals surface area (Å²) >= 11 is 0. The van der Waals surface area contributed by atoms with Crippen molar-refractivity contribution in [1.82, 2.24) is 14.1 Å². The highest BCUT2D eigenvalue weighted by Gasteiger charge is 2.38. The molecular weight excluding hydrogens is 1130 g/mol. The summed E-state index contributed by atoms with van der Waals surface area (Å²) < 4.78 is 20.2. The lowest BCUT2D eigenvalue weighted by molar-refractivity contribution is 0.592. The second kappa shape index (κ2) is 20.3. The zero-order chi connectivity index (χ0) is 61.6. The molecule has 0 saturated carbocycles. The third-order valence-corrected chi connectivity index (χ3v) is 23.5. The van der Waals surface area contributed by atoms with Crippen LogP contribution in [-0.2, 0) is 15.4 Å².